The summed E-state index contributed by atoms with van der Waals surface area (Å²) in [5.74, 6) is -2.99. The zero-order valence-corrected chi connectivity index (χ0v) is 20.0. The number of carbonyl (C=O) groups is 5. The molecule has 4 amide bonds. The van der Waals surface area contributed by atoms with E-state index in [-0.39, 0.29) is 44.5 Å². The van der Waals surface area contributed by atoms with Gasteiger partial charge in [0.1, 0.15) is 12.6 Å². The molecule has 2 heterocycles. The molecule has 0 aliphatic carbocycles. The molecule has 2 fully saturated rings. The van der Waals surface area contributed by atoms with Crippen LogP contribution in [0.4, 0.5) is 0 Å². The quantitative estimate of drug-likeness (QED) is 0.435. The summed E-state index contributed by atoms with van der Waals surface area (Å²) in [6.45, 7) is 6.90. The van der Waals surface area contributed by atoms with Gasteiger partial charge in [-0.15, -0.1) is 0 Å². The number of ether oxygens (including phenoxy) is 1. The fourth-order valence-corrected chi connectivity index (χ4v) is 4.21. The van der Waals surface area contributed by atoms with Gasteiger partial charge < -0.3 is 4.74 Å². The number of nitrogens with one attached hydrogen (secondary N) is 1. The number of esters is 1. The van der Waals surface area contributed by atoms with Gasteiger partial charge in [0.05, 0.1) is 25.6 Å². The van der Waals surface area contributed by atoms with Crippen molar-refractivity contribution < 1.29 is 28.7 Å². The van der Waals surface area contributed by atoms with Crippen LogP contribution in [-0.2, 0) is 35.3 Å². The van der Waals surface area contributed by atoms with Crippen molar-refractivity contribution in [1.82, 2.24) is 20.2 Å². The Morgan fingerprint density at radius 2 is 1.68 bits per heavy atom. The highest BCUT2D eigenvalue weighted by atomic mass is 16.5. The molecule has 2 atom stereocenters. The van der Waals surface area contributed by atoms with Crippen LogP contribution in [0.3, 0.4) is 0 Å². The van der Waals surface area contributed by atoms with Crippen molar-refractivity contribution in [3.8, 4) is 0 Å². The molecule has 2 aliphatic rings. The Balaban J connectivity index is 1.69. The van der Waals surface area contributed by atoms with Crippen LogP contribution in [0.5, 0.6) is 0 Å². The summed E-state index contributed by atoms with van der Waals surface area (Å²) in [7, 11) is 0. The molecule has 0 saturated carbocycles. The zero-order chi connectivity index (χ0) is 25.0. The normalized spacial score (nSPS) is 22.2. The number of rotatable bonds is 8. The van der Waals surface area contributed by atoms with Crippen molar-refractivity contribution in [2.24, 2.45) is 11.8 Å². The van der Waals surface area contributed by atoms with E-state index in [2.05, 4.69) is 5.32 Å². The van der Waals surface area contributed by atoms with Crippen LogP contribution in [0.2, 0.25) is 0 Å². The first-order chi connectivity index (χ1) is 16.1. The lowest BCUT2D eigenvalue weighted by atomic mass is 9.98. The van der Waals surface area contributed by atoms with E-state index in [0.717, 1.165) is 15.5 Å². The number of nitrogens with zero attached hydrogens (tertiary/aromatic N) is 3. The summed E-state index contributed by atoms with van der Waals surface area (Å²) in [6.07, 6.45) is -0.143. The second-order valence-electron chi connectivity index (χ2n) is 9.21. The minimum Gasteiger partial charge on any atom is -0.461 e. The molecule has 1 N–H and O–H groups in total. The van der Waals surface area contributed by atoms with Crippen LogP contribution in [0.1, 0.15) is 39.7 Å². The number of hydrazine groups is 1. The fraction of sp³-hybridized carbons (Fsp3) is 0.542. The molecule has 0 radical (unpaired) electrons. The van der Waals surface area contributed by atoms with Crippen molar-refractivity contribution in [1.29, 1.82) is 0 Å². The topological polar surface area (TPSA) is 116 Å². The molecule has 10 heteroatoms. The Morgan fingerprint density at radius 1 is 1.00 bits per heavy atom. The maximum absolute atomic E-state index is 13.3. The smallest absolute Gasteiger partial charge is 0.307 e. The van der Waals surface area contributed by atoms with E-state index in [4.69, 9.17) is 4.74 Å². The fourth-order valence-electron chi connectivity index (χ4n) is 4.21. The Bertz CT molecular complexity index is 948. The number of amides is 4. The summed E-state index contributed by atoms with van der Waals surface area (Å²) in [5.41, 5.74) is 0.835. The van der Waals surface area contributed by atoms with Crippen LogP contribution >= 0.6 is 0 Å². The minimum absolute atomic E-state index is 0.0603. The second kappa shape index (κ2) is 10.9. The molecule has 1 aromatic rings. The monoisotopic (exact) mass is 472 g/mol. The third-order valence-electron chi connectivity index (χ3n) is 5.96. The molecule has 2 saturated heterocycles. The first-order valence-electron chi connectivity index (χ1n) is 11.5. The molecule has 10 nitrogen and oxygen atoms in total. The SMILES string of the molecule is CC(C)[C@@H]1NCC(=O)N(N2CC(=O)N(CCC(=O)OCc3ccccc3)C(=O)[C@@H]2C(C)C)C1=O. The van der Waals surface area contributed by atoms with Crippen LogP contribution in [0, 0.1) is 11.8 Å². The Morgan fingerprint density at radius 3 is 2.29 bits per heavy atom. The summed E-state index contributed by atoms with van der Waals surface area (Å²) in [6, 6.07) is 7.71. The van der Waals surface area contributed by atoms with Gasteiger partial charge in [-0.3, -0.25) is 34.2 Å². The average Bonchev–Trinajstić information content (AvgIpc) is 2.77. The molecular formula is C24H32N4O6. The number of imide groups is 2. The second-order valence-corrected chi connectivity index (χ2v) is 9.21. The third-order valence-corrected chi connectivity index (χ3v) is 5.96. The van der Waals surface area contributed by atoms with E-state index < -0.39 is 41.7 Å². The number of hydrogen-bond acceptors (Lipinski definition) is 8. The van der Waals surface area contributed by atoms with E-state index >= 15 is 0 Å². The standard InChI is InChI=1S/C24H32N4O6/c1-15(2)21-23(32)28(18(29)12-25-21)27-13-19(30)26(24(33)22(27)16(3)4)11-10-20(31)34-14-17-8-6-5-7-9-17/h5-9,15-16,21-22,25H,10-14H2,1-4H3/t21-,22-/m0/s1. The Kier molecular flexibility index (Phi) is 8.16. The molecule has 0 bridgehead atoms. The molecule has 2 aliphatic heterocycles. The maximum Gasteiger partial charge on any atom is 0.307 e. The summed E-state index contributed by atoms with van der Waals surface area (Å²) in [5, 5.41) is 5.18. The van der Waals surface area contributed by atoms with Gasteiger partial charge in [-0.25, -0.2) is 5.01 Å². The molecule has 184 valence electrons. The lowest BCUT2D eigenvalue weighted by Gasteiger charge is -2.47. The van der Waals surface area contributed by atoms with Crippen LogP contribution in [0.15, 0.2) is 30.3 Å². The van der Waals surface area contributed by atoms with Gasteiger partial charge in [-0.1, -0.05) is 58.0 Å². The summed E-state index contributed by atoms with van der Waals surface area (Å²) < 4.78 is 5.24. The van der Waals surface area contributed by atoms with Gasteiger partial charge in [0.2, 0.25) is 11.8 Å². The maximum atomic E-state index is 13.3. The average molecular weight is 473 g/mol. The van der Waals surface area contributed by atoms with Crippen LogP contribution < -0.4 is 5.32 Å². The molecule has 0 spiro atoms. The minimum atomic E-state index is -0.892. The predicted molar refractivity (Wildman–Crippen MR) is 121 cm³/mol. The Labute approximate surface area is 199 Å². The van der Waals surface area contributed by atoms with E-state index in [1.807, 2.05) is 44.2 Å². The number of carbonyl (C=O) groups excluding carboxylic acids is 5. The molecule has 1 aromatic carbocycles. The van der Waals surface area contributed by atoms with Crippen molar-refractivity contribution in [3.05, 3.63) is 35.9 Å². The van der Waals surface area contributed by atoms with Gasteiger partial charge in [0, 0.05) is 6.54 Å². The molecule has 34 heavy (non-hydrogen) atoms. The van der Waals surface area contributed by atoms with Gasteiger partial charge >= 0.3 is 5.97 Å². The summed E-state index contributed by atoms with van der Waals surface area (Å²) in [4.78, 5) is 65.1. The highest BCUT2D eigenvalue weighted by Crippen LogP contribution is 2.24. The van der Waals surface area contributed by atoms with Crippen molar-refractivity contribution in [3.63, 3.8) is 0 Å². The van der Waals surface area contributed by atoms with Gasteiger partial charge in [-0.2, -0.15) is 5.01 Å². The summed E-state index contributed by atoms with van der Waals surface area (Å²) >= 11 is 0. The highest BCUT2D eigenvalue weighted by Gasteiger charge is 2.49. The van der Waals surface area contributed by atoms with Gasteiger partial charge in [0.25, 0.3) is 11.8 Å². The number of hydrogen-bond donors (Lipinski definition) is 1. The number of piperazine rings is 2. The largest absolute Gasteiger partial charge is 0.461 e. The first-order valence-corrected chi connectivity index (χ1v) is 11.5. The van der Waals surface area contributed by atoms with Crippen molar-refractivity contribution in [2.45, 2.75) is 52.8 Å². The van der Waals surface area contributed by atoms with Gasteiger partial charge in [0.15, 0.2) is 0 Å². The molecule has 0 unspecified atom stereocenters. The third kappa shape index (κ3) is 5.51. The molecular weight excluding hydrogens is 440 g/mol. The van der Waals surface area contributed by atoms with E-state index in [1.165, 1.54) is 5.01 Å². The molecule has 0 aromatic heterocycles. The van der Waals surface area contributed by atoms with Crippen LogP contribution in [-0.4, -0.2) is 76.2 Å². The van der Waals surface area contributed by atoms with Crippen molar-refractivity contribution >= 4 is 29.6 Å². The lowest BCUT2D eigenvalue weighted by molar-refractivity contribution is -0.187. The zero-order valence-electron chi connectivity index (χ0n) is 20.0. The first kappa shape index (κ1) is 25.5. The van der Waals surface area contributed by atoms with E-state index in [0.29, 0.717) is 0 Å². The highest BCUT2D eigenvalue weighted by molar-refractivity contribution is 6.05. The van der Waals surface area contributed by atoms with Gasteiger partial charge in [-0.05, 0) is 17.4 Å². The number of benzene rings is 1. The van der Waals surface area contributed by atoms with Crippen LogP contribution in [0.25, 0.3) is 0 Å². The van der Waals surface area contributed by atoms with Crippen molar-refractivity contribution in [2.75, 3.05) is 19.6 Å². The molecule has 3 rings (SSSR count). The van der Waals surface area contributed by atoms with E-state index in [1.54, 1.807) is 13.8 Å². The van der Waals surface area contributed by atoms with E-state index in [9.17, 15) is 24.0 Å². The predicted octanol–water partition coefficient (Wildman–Crippen LogP) is 0.713. The Hall–Kier alpha value is -3.11. The lowest BCUT2D eigenvalue weighted by Crippen LogP contribution is -2.72.